The Labute approximate surface area is 110 Å². The summed E-state index contributed by atoms with van der Waals surface area (Å²) in [4.78, 5) is 21.7. The van der Waals surface area contributed by atoms with Gasteiger partial charge in [-0.25, -0.2) is 0 Å². The molecule has 2 unspecified atom stereocenters. The van der Waals surface area contributed by atoms with Crippen molar-refractivity contribution in [1.29, 1.82) is 0 Å². The van der Waals surface area contributed by atoms with Crippen molar-refractivity contribution in [3.05, 3.63) is 33.4 Å². The molecule has 2 atom stereocenters. The van der Waals surface area contributed by atoms with Gasteiger partial charge < -0.3 is 9.47 Å². The number of nitro benzene ring substituents is 1. The van der Waals surface area contributed by atoms with Gasteiger partial charge in [-0.15, -0.1) is 0 Å². The van der Waals surface area contributed by atoms with E-state index in [4.69, 9.17) is 9.47 Å². The number of ketones is 1. The molecule has 0 bridgehead atoms. The van der Waals surface area contributed by atoms with Crippen molar-refractivity contribution in [2.75, 3.05) is 7.11 Å². The first kappa shape index (κ1) is 13.5. The van der Waals surface area contributed by atoms with E-state index in [1.54, 1.807) is 19.9 Å². The van der Waals surface area contributed by atoms with Crippen LogP contribution in [0.1, 0.15) is 17.5 Å². The second-order valence-corrected chi connectivity index (χ2v) is 4.64. The molecule has 0 spiro atoms. The third kappa shape index (κ3) is 2.44. The van der Waals surface area contributed by atoms with Crippen molar-refractivity contribution >= 4 is 11.5 Å². The van der Waals surface area contributed by atoms with E-state index in [1.807, 2.05) is 0 Å². The molecule has 6 nitrogen and oxygen atoms in total. The van der Waals surface area contributed by atoms with Gasteiger partial charge in [0.05, 0.1) is 4.92 Å². The average Bonchev–Trinajstić information content (AvgIpc) is 2.32. The summed E-state index contributed by atoms with van der Waals surface area (Å²) in [6, 6.07) is 3.11. The quantitative estimate of drug-likeness (QED) is 0.614. The number of ether oxygens (including phenoxy) is 2. The van der Waals surface area contributed by atoms with Gasteiger partial charge in [0.1, 0.15) is 11.9 Å². The lowest BCUT2D eigenvalue weighted by Crippen LogP contribution is -2.51. The predicted molar refractivity (Wildman–Crippen MR) is 67.4 cm³/mol. The highest BCUT2D eigenvalue weighted by atomic mass is 16.6. The standard InChI is InChI=1S/C13H15NO5/c1-7-5-11(8(2)4-9(7)14(16)17)19-12-6-10(15)13(12)18-3/h4-5,12-13H,6H2,1-3H3. The molecule has 6 heteroatoms. The number of nitrogens with zero attached hydrogens (tertiary/aromatic N) is 1. The minimum Gasteiger partial charge on any atom is -0.486 e. The van der Waals surface area contributed by atoms with Gasteiger partial charge >= 0.3 is 0 Å². The average molecular weight is 265 g/mol. The van der Waals surface area contributed by atoms with Gasteiger partial charge in [-0.3, -0.25) is 14.9 Å². The van der Waals surface area contributed by atoms with Crippen LogP contribution in [0.5, 0.6) is 5.75 Å². The number of carbonyl (C=O) groups is 1. The Hall–Kier alpha value is -1.95. The van der Waals surface area contributed by atoms with Gasteiger partial charge in [0, 0.05) is 25.2 Å². The van der Waals surface area contributed by atoms with Gasteiger partial charge in [-0.05, 0) is 25.5 Å². The van der Waals surface area contributed by atoms with Gasteiger partial charge in [0.25, 0.3) is 5.69 Å². The lowest BCUT2D eigenvalue weighted by molar-refractivity contribution is -0.385. The lowest BCUT2D eigenvalue weighted by Gasteiger charge is -2.34. The number of methoxy groups -OCH3 is 1. The van der Waals surface area contributed by atoms with E-state index >= 15 is 0 Å². The highest BCUT2D eigenvalue weighted by Crippen LogP contribution is 2.31. The van der Waals surface area contributed by atoms with Gasteiger partial charge in [0.15, 0.2) is 11.9 Å². The number of hydrogen-bond donors (Lipinski definition) is 0. The molecule has 2 rings (SSSR count). The van der Waals surface area contributed by atoms with Crippen LogP contribution in [0.25, 0.3) is 0 Å². The number of benzene rings is 1. The topological polar surface area (TPSA) is 78.7 Å². The summed E-state index contributed by atoms with van der Waals surface area (Å²) >= 11 is 0. The Morgan fingerprint density at radius 3 is 2.53 bits per heavy atom. The number of Topliss-reactive ketones (excluding diaryl/α,β-unsaturated/α-hetero) is 1. The fraction of sp³-hybridized carbons (Fsp3) is 0.462. The number of nitro groups is 1. The van der Waals surface area contributed by atoms with Crippen LogP contribution in [0.3, 0.4) is 0 Å². The fourth-order valence-corrected chi connectivity index (χ4v) is 2.12. The molecule has 102 valence electrons. The molecule has 0 amide bonds. The Morgan fingerprint density at radius 1 is 1.32 bits per heavy atom. The number of aryl methyl sites for hydroxylation is 2. The Balaban J connectivity index is 2.20. The Bertz CT molecular complexity index is 540. The van der Waals surface area contributed by atoms with Crippen molar-refractivity contribution in [1.82, 2.24) is 0 Å². The smallest absolute Gasteiger partial charge is 0.272 e. The number of carbonyl (C=O) groups excluding carboxylic acids is 1. The van der Waals surface area contributed by atoms with Crippen LogP contribution in [0.2, 0.25) is 0 Å². The highest BCUT2D eigenvalue weighted by molar-refractivity contribution is 5.90. The van der Waals surface area contributed by atoms with E-state index in [2.05, 4.69) is 0 Å². The minimum absolute atomic E-state index is 0.0174. The third-order valence-corrected chi connectivity index (χ3v) is 3.28. The molecule has 0 radical (unpaired) electrons. The Morgan fingerprint density at radius 2 is 2.00 bits per heavy atom. The minimum atomic E-state index is -0.533. The normalized spacial score (nSPS) is 21.9. The molecule has 1 saturated carbocycles. The first-order valence-electron chi connectivity index (χ1n) is 5.92. The van der Waals surface area contributed by atoms with Gasteiger partial charge in [-0.1, -0.05) is 0 Å². The van der Waals surface area contributed by atoms with Crippen LogP contribution in [-0.4, -0.2) is 30.0 Å². The van der Waals surface area contributed by atoms with E-state index in [1.165, 1.54) is 13.2 Å². The monoisotopic (exact) mass is 265 g/mol. The van der Waals surface area contributed by atoms with E-state index in [-0.39, 0.29) is 17.6 Å². The zero-order chi connectivity index (χ0) is 14.2. The molecule has 1 aromatic rings. The van der Waals surface area contributed by atoms with Crippen molar-refractivity contribution in [3.63, 3.8) is 0 Å². The molecule has 19 heavy (non-hydrogen) atoms. The lowest BCUT2D eigenvalue weighted by atomic mass is 9.90. The maximum Gasteiger partial charge on any atom is 0.272 e. The van der Waals surface area contributed by atoms with Crippen LogP contribution in [0.4, 0.5) is 5.69 Å². The summed E-state index contributed by atoms with van der Waals surface area (Å²) in [6.07, 6.45) is -0.527. The molecule has 0 saturated heterocycles. The molecule has 1 fully saturated rings. The van der Waals surface area contributed by atoms with Crippen molar-refractivity contribution in [3.8, 4) is 5.75 Å². The summed E-state index contributed by atoms with van der Waals surface area (Å²) < 4.78 is 10.7. The van der Waals surface area contributed by atoms with Crippen LogP contribution in [0.15, 0.2) is 12.1 Å². The van der Waals surface area contributed by atoms with Crippen LogP contribution in [-0.2, 0) is 9.53 Å². The number of hydrogen-bond acceptors (Lipinski definition) is 5. The second kappa shape index (κ2) is 4.97. The summed E-state index contributed by atoms with van der Waals surface area (Å²) in [5.41, 5.74) is 1.27. The van der Waals surface area contributed by atoms with Crippen molar-refractivity contribution in [2.45, 2.75) is 32.5 Å². The molecule has 1 aromatic carbocycles. The van der Waals surface area contributed by atoms with Gasteiger partial charge in [-0.2, -0.15) is 0 Å². The molecule has 0 aliphatic heterocycles. The van der Waals surface area contributed by atoms with E-state index < -0.39 is 11.0 Å². The zero-order valence-corrected chi connectivity index (χ0v) is 11.0. The zero-order valence-electron chi connectivity index (χ0n) is 11.0. The molecule has 0 N–H and O–H groups in total. The summed E-state index contributed by atoms with van der Waals surface area (Å²) in [5.74, 6) is 0.575. The second-order valence-electron chi connectivity index (χ2n) is 4.64. The largest absolute Gasteiger partial charge is 0.486 e. The fourth-order valence-electron chi connectivity index (χ4n) is 2.12. The third-order valence-electron chi connectivity index (χ3n) is 3.28. The van der Waals surface area contributed by atoms with E-state index in [0.29, 0.717) is 23.3 Å². The molecular weight excluding hydrogens is 250 g/mol. The first-order valence-corrected chi connectivity index (χ1v) is 5.92. The maximum atomic E-state index is 11.3. The maximum absolute atomic E-state index is 11.3. The highest BCUT2D eigenvalue weighted by Gasteiger charge is 2.42. The first-order chi connectivity index (χ1) is 8.93. The molecule has 0 heterocycles. The predicted octanol–water partition coefficient (Wildman–Crippen LogP) is 1.95. The van der Waals surface area contributed by atoms with Crippen LogP contribution < -0.4 is 4.74 Å². The van der Waals surface area contributed by atoms with Crippen molar-refractivity contribution < 1.29 is 19.2 Å². The summed E-state index contributed by atoms with van der Waals surface area (Å²) in [6.45, 7) is 3.40. The molecule has 0 aromatic heterocycles. The molecule has 1 aliphatic carbocycles. The molecular formula is C13H15NO5. The van der Waals surface area contributed by atoms with E-state index in [9.17, 15) is 14.9 Å². The Kier molecular flexibility index (Phi) is 3.53. The van der Waals surface area contributed by atoms with Crippen LogP contribution >= 0.6 is 0 Å². The van der Waals surface area contributed by atoms with Crippen molar-refractivity contribution in [2.24, 2.45) is 0 Å². The summed E-state index contributed by atoms with van der Waals surface area (Å²) in [7, 11) is 1.46. The molecule has 1 aliphatic rings. The van der Waals surface area contributed by atoms with Crippen LogP contribution in [0, 0.1) is 24.0 Å². The van der Waals surface area contributed by atoms with Gasteiger partial charge in [0.2, 0.25) is 0 Å². The number of rotatable bonds is 4. The SMILES string of the molecule is COC1C(=O)CC1Oc1cc(C)c([N+](=O)[O-])cc1C. The van der Waals surface area contributed by atoms with E-state index in [0.717, 1.165) is 0 Å². The summed E-state index contributed by atoms with van der Waals surface area (Å²) in [5, 5.41) is 10.8.